The molecular formula is C28H40O2. The van der Waals surface area contributed by atoms with Crippen molar-refractivity contribution in [2.45, 2.75) is 84.5 Å². The minimum Gasteiger partial charge on any atom is -0.478 e. The molecular weight excluding hydrogens is 368 g/mol. The molecule has 30 heavy (non-hydrogen) atoms. The molecule has 4 aliphatic rings. The molecule has 1 aromatic carbocycles. The van der Waals surface area contributed by atoms with Crippen molar-refractivity contribution >= 4 is 5.97 Å². The molecule has 164 valence electrons. The van der Waals surface area contributed by atoms with E-state index in [2.05, 4.69) is 25.2 Å². The second-order valence-corrected chi connectivity index (χ2v) is 9.66. The number of fused-ring (bicyclic) bond motifs is 4. The van der Waals surface area contributed by atoms with Crippen molar-refractivity contribution < 1.29 is 9.90 Å². The van der Waals surface area contributed by atoms with Crippen molar-refractivity contribution in [2.75, 3.05) is 0 Å². The van der Waals surface area contributed by atoms with Gasteiger partial charge in [-0.3, -0.25) is 0 Å². The summed E-state index contributed by atoms with van der Waals surface area (Å²) in [6, 6.07) is 6.92. The second-order valence-electron chi connectivity index (χ2n) is 9.66. The Hall–Kier alpha value is -1.83. The summed E-state index contributed by atoms with van der Waals surface area (Å²) >= 11 is 0. The lowest BCUT2D eigenvalue weighted by atomic mass is 9.94. The molecule has 1 N–H and O–H groups in total. The number of benzene rings is 1. The molecule has 2 saturated carbocycles. The van der Waals surface area contributed by atoms with E-state index in [1.165, 1.54) is 70.6 Å². The largest absolute Gasteiger partial charge is 0.478 e. The number of carbonyl (C=O) groups is 1. The molecule has 0 amide bonds. The number of hydrogen-bond acceptors (Lipinski definition) is 1. The van der Waals surface area contributed by atoms with Gasteiger partial charge >= 0.3 is 5.97 Å². The first kappa shape index (κ1) is 22.8. The van der Waals surface area contributed by atoms with E-state index in [9.17, 15) is 4.79 Å². The molecule has 0 heterocycles. The molecule has 2 nitrogen and oxygen atoms in total. The first-order valence-electron chi connectivity index (χ1n) is 12.2. The van der Waals surface area contributed by atoms with Crippen LogP contribution in [0.1, 0.15) is 93.5 Å². The minimum atomic E-state index is -0.863. The van der Waals surface area contributed by atoms with Gasteiger partial charge in [0.1, 0.15) is 0 Å². The number of unbranched alkanes of at least 4 members (excludes halogenated alkanes) is 3. The zero-order chi connectivity index (χ0) is 21.3. The monoisotopic (exact) mass is 408 g/mol. The van der Waals surface area contributed by atoms with Crippen LogP contribution in [-0.2, 0) is 0 Å². The van der Waals surface area contributed by atoms with Crippen LogP contribution in [0.2, 0.25) is 0 Å². The Kier molecular flexibility index (Phi) is 8.78. The van der Waals surface area contributed by atoms with Gasteiger partial charge in [0.2, 0.25) is 0 Å². The minimum absolute atomic E-state index is 0.377. The van der Waals surface area contributed by atoms with Crippen LogP contribution >= 0.6 is 0 Å². The molecule has 2 fully saturated rings. The SMILES string of the molecule is C1=CC2CCC1C2.CCCCCCC1=CC2CCC1C2.Cc1ccccc1C(=O)O. The molecule has 4 unspecified atom stereocenters. The molecule has 1 aromatic rings. The predicted molar refractivity (Wildman–Crippen MR) is 126 cm³/mol. The summed E-state index contributed by atoms with van der Waals surface area (Å²) in [5.41, 5.74) is 3.00. The third-order valence-corrected chi connectivity index (χ3v) is 7.31. The highest BCUT2D eigenvalue weighted by atomic mass is 16.4. The maximum Gasteiger partial charge on any atom is 0.335 e. The summed E-state index contributed by atoms with van der Waals surface area (Å²) in [4.78, 5) is 10.4. The summed E-state index contributed by atoms with van der Waals surface area (Å²) in [6.45, 7) is 4.07. The third kappa shape index (κ3) is 6.59. The van der Waals surface area contributed by atoms with Crippen LogP contribution in [0.5, 0.6) is 0 Å². The van der Waals surface area contributed by atoms with Crippen LogP contribution in [0.25, 0.3) is 0 Å². The Bertz CT molecular complexity index is 733. The summed E-state index contributed by atoms with van der Waals surface area (Å²) in [6.07, 6.45) is 23.4. The smallest absolute Gasteiger partial charge is 0.335 e. The average molecular weight is 409 g/mol. The topological polar surface area (TPSA) is 37.3 Å². The van der Waals surface area contributed by atoms with Gasteiger partial charge in [-0.15, -0.1) is 0 Å². The zero-order valence-electron chi connectivity index (χ0n) is 19.0. The van der Waals surface area contributed by atoms with E-state index < -0.39 is 5.97 Å². The maximum atomic E-state index is 10.4. The van der Waals surface area contributed by atoms with E-state index in [0.29, 0.717) is 5.56 Å². The Balaban J connectivity index is 0.000000134. The Morgan fingerprint density at radius 3 is 2.07 bits per heavy atom. The molecule has 2 heteroatoms. The van der Waals surface area contributed by atoms with Crippen molar-refractivity contribution in [2.24, 2.45) is 23.7 Å². The Labute approximate surface area is 183 Å². The molecule has 0 saturated heterocycles. The number of allylic oxidation sites excluding steroid dienone is 4. The van der Waals surface area contributed by atoms with E-state index in [0.717, 1.165) is 29.2 Å². The van der Waals surface area contributed by atoms with Gasteiger partial charge in [-0.2, -0.15) is 0 Å². The van der Waals surface area contributed by atoms with E-state index in [-0.39, 0.29) is 0 Å². The van der Waals surface area contributed by atoms with Crippen molar-refractivity contribution in [3.63, 3.8) is 0 Å². The van der Waals surface area contributed by atoms with Gasteiger partial charge in [-0.05, 0) is 93.6 Å². The average Bonchev–Trinajstić information content (AvgIpc) is 3.55. The van der Waals surface area contributed by atoms with Gasteiger partial charge in [-0.1, -0.05) is 68.2 Å². The van der Waals surface area contributed by atoms with Crippen molar-refractivity contribution in [3.8, 4) is 0 Å². The summed E-state index contributed by atoms with van der Waals surface area (Å²) in [5.74, 6) is 3.13. The van der Waals surface area contributed by atoms with Gasteiger partial charge < -0.3 is 5.11 Å². The Morgan fingerprint density at radius 1 is 0.933 bits per heavy atom. The lowest BCUT2D eigenvalue weighted by molar-refractivity contribution is 0.0696. The molecule has 0 radical (unpaired) electrons. The number of carboxylic acids is 1. The van der Waals surface area contributed by atoms with Crippen molar-refractivity contribution in [1.82, 2.24) is 0 Å². The lowest BCUT2D eigenvalue weighted by Gasteiger charge is -2.12. The van der Waals surface area contributed by atoms with E-state index in [4.69, 9.17) is 5.11 Å². The normalized spacial score (nSPS) is 27.2. The molecule has 5 rings (SSSR count). The molecule has 4 atom stereocenters. The van der Waals surface area contributed by atoms with Gasteiger partial charge in [-0.25, -0.2) is 4.79 Å². The fourth-order valence-electron chi connectivity index (χ4n) is 5.52. The molecule has 0 aliphatic heterocycles. The first-order valence-corrected chi connectivity index (χ1v) is 12.2. The number of carboxylic acid groups (broad SMARTS) is 1. The third-order valence-electron chi connectivity index (χ3n) is 7.31. The van der Waals surface area contributed by atoms with Gasteiger partial charge in [0, 0.05) is 0 Å². The number of rotatable bonds is 6. The van der Waals surface area contributed by atoms with Crippen LogP contribution < -0.4 is 0 Å². The van der Waals surface area contributed by atoms with Gasteiger partial charge in [0.25, 0.3) is 0 Å². The van der Waals surface area contributed by atoms with Crippen LogP contribution in [0.4, 0.5) is 0 Å². The van der Waals surface area contributed by atoms with E-state index in [1.54, 1.807) is 25.1 Å². The highest BCUT2D eigenvalue weighted by Crippen LogP contribution is 2.45. The van der Waals surface area contributed by atoms with Gasteiger partial charge in [0.15, 0.2) is 0 Å². The van der Waals surface area contributed by atoms with Gasteiger partial charge in [0.05, 0.1) is 5.56 Å². The number of hydrogen-bond donors (Lipinski definition) is 1. The molecule has 0 aromatic heterocycles. The highest BCUT2D eigenvalue weighted by molar-refractivity contribution is 5.89. The fraction of sp³-hybridized carbons (Fsp3) is 0.607. The summed E-state index contributed by atoms with van der Waals surface area (Å²) in [5, 5.41) is 8.57. The molecule has 0 spiro atoms. The number of aromatic carboxylic acids is 1. The Morgan fingerprint density at radius 2 is 1.63 bits per heavy atom. The summed E-state index contributed by atoms with van der Waals surface area (Å²) < 4.78 is 0. The maximum absolute atomic E-state index is 10.4. The van der Waals surface area contributed by atoms with Crippen LogP contribution in [0, 0.1) is 30.6 Å². The quantitative estimate of drug-likeness (QED) is 0.382. The lowest BCUT2D eigenvalue weighted by Crippen LogP contribution is -1.97. The van der Waals surface area contributed by atoms with E-state index in [1.807, 2.05) is 11.6 Å². The fourth-order valence-corrected chi connectivity index (χ4v) is 5.52. The molecule has 4 bridgehead atoms. The standard InChI is InChI=1S/C13H22.C8H8O2.C7H10/c1-2-3-4-5-6-12-9-11-7-8-13(12)10-11;1-6-4-2-3-5-7(6)8(9)10;1-2-7-4-3-6(1)5-7/h9,11,13H,2-8,10H2,1H3;2-5H,1H3,(H,9,10);1-2,6-7H,3-5H2. The van der Waals surface area contributed by atoms with Crippen LogP contribution in [0.15, 0.2) is 48.1 Å². The zero-order valence-corrected chi connectivity index (χ0v) is 19.0. The van der Waals surface area contributed by atoms with Crippen LogP contribution in [-0.4, -0.2) is 11.1 Å². The number of aryl methyl sites for hydroxylation is 1. The second kappa shape index (κ2) is 11.5. The van der Waals surface area contributed by atoms with Crippen molar-refractivity contribution in [1.29, 1.82) is 0 Å². The van der Waals surface area contributed by atoms with Crippen LogP contribution in [0.3, 0.4) is 0 Å². The predicted octanol–water partition coefficient (Wildman–Crippen LogP) is 7.98. The van der Waals surface area contributed by atoms with Crippen molar-refractivity contribution in [3.05, 3.63) is 59.2 Å². The first-order chi connectivity index (χ1) is 14.6. The molecule has 4 aliphatic carbocycles. The summed E-state index contributed by atoms with van der Waals surface area (Å²) in [7, 11) is 0. The highest BCUT2D eigenvalue weighted by Gasteiger charge is 2.31. The van der Waals surface area contributed by atoms with E-state index >= 15 is 0 Å².